The summed E-state index contributed by atoms with van der Waals surface area (Å²) in [5.74, 6) is 0. The van der Waals surface area contributed by atoms with Crippen LogP contribution in [0.5, 0.6) is 0 Å². The highest BCUT2D eigenvalue weighted by atomic mass is 19.4. The topological polar surface area (TPSA) is 36.1 Å². The van der Waals surface area contributed by atoms with Gasteiger partial charge in [-0.15, -0.1) is 0 Å². The standard InChI is InChI=1S/C48H29F3N2O2/c1-28-18-20-29(21-19-28)36-26-41(53-39-15-7-3-11-33(39)45-35-13-5-9-17-43(35)55-47(45)53)37(30-22-24-31(25-23-30)48(49,50)51)27-40(36)52-38-14-6-2-10-32(38)44-34-12-4-8-16-42(34)54-46(44)52/h2-27H,1H3. The number of furan rings is 2. The van der Waals surface area contributed by atoms with E-state index >= 15 is 0 Å². The van der Waals surface area contributed by atoms with Crippen LogP contribution in [0.3, 0.4) is 0 Å². The first kappa shape index (κ1) is 31.5. The van der Waals surface area contributed by atoms with E-state index in [1.165, 1.54) is 0 Å². The van der Waals surface area contributed by atoms with Crippen molar-refractivity contribution in [3.63, 3.8) is 0 Å². The molecule has 0 bridgehead atoms. The van der Waals surface area contributed by atoms with Crippen molar-refractivity contribution in [3.8, 4) is 33.6 Å². The third kappa shape index (κ3) is 4.66. The molecule has 4 heterocycles. The van der Waals surface area contributed by atoms with Crippen molar-refractivity contribution < 1.29 is 22.0 Å². The molecule has 0 unspecified atom stereocenters. The normalized spacial score (nSPS) is 12.4. The first-order valence-electron chi connectivity index (χ1n) is 18.1. The number of aromatic nitrogens is 2. The van der Waals surface area contributed by atoms with E-state index in [2.05, 4.69) is 88.9 Å². The van der Waals surface area contributed by atoms with E-state index in [0.717, 1.165) is 100 Å². The highest BCUT2D eigenvalue weighted by Gasteiger charge is 2.31. The Labute approximate surface area is 311 Å². The number of hydrogen-bond acceptors (Lipinski definition) is 2. The van der Waals surface area contributed by atoms with Gasteiger partial charge in [0.15, 0.2) is 0 Å². The lowest BCUT2D eigenvalue weighted by atomic mass is 9.94. The number of nitrogens with zero attached hydrogens (tertiary/aromatic N) is 2. The molecular weight excluding hydrogens is 694 g/mol. The van der Waals surface area contributed by atoms with Gasteiger partial charge in [-0.25, -0.2) is 0 Å². The van der Waals surface area contributed by atoms with Crippen LogP contribution in [0, 0.1) is 6.92 Å². The van der Waals surface area contributed by atoms with Crippen LogP contribution < -0.4 is 0 Å². The summed E-state index contributed by atoms with van der Waals surface area (Å²) in [6.45, 7) is 2.06. The van der Waals surface area contributed by atoms with Gasteiger partial charge in [0.2, 0.25) is 11.4 Å². The zero-order valence-electron chi connectivity index (χ0n) is 29.4. The number of hydrogen-bond donors (Lipinski definition) is 0. The van der Waals surface area contributed by atoms with Crippen LogP contribution in [0.25, 0.3) is 99.6 Å². The molecule has 11 aromatic rings. The second kappa shape index (κ2) is 11.5. The fraction of sp³-hybridized carbons (Fsp3) is 0.0417. The Hall–Kier alpha value is -6.99. The molecule has 0 N–H and O–H groups in total. The molecule has 7 heteroatoms. The van der Waals surface area contributed by atoms with E-state index in [4.69, 9.17) is 8.83 Å². The average Bonchev–Trinajstić information content (AvgIpc) is 3.94. The molecule has 0 atom stereocenters. The number of para-hydroxylation sites is 4. The monoisotopic (exact) mass is 722 g/mol. The molecule has 7 aromatic carbocycles. The van der Waals surface area contributed by atoms with Gasteiger partial charge in [-0.3, -0.25) is 9.13 Å². The lowest BCUT2D eigenvalue weighted by Gasteiger charge is -2.20. The first-order chi connectivity index (χ1) is 26.8. The van der Waals surface area contributed by atoms with Crippen LogP contribution in [-0.2, 0) is 6.18 Å². The Morgan fingerprint density at radius 2 is 0.855 bits per heavy atom. The van der Waals surface area contributed by atoms with Gasteiger partial charge < -0.3 is 8.83 Å². The minimum absolute atomic E-state index is 0.624. The molecule has 55 heavy (non-hydrogen) atoms. The number of aryl methyl sites for hydroxylation is 1. The van der Waals surface area contributed by atoms with Crippen LogP contribution in [0.1, 0.15) is 11.1 Å². The van der Waals surface area contributed by atoms with Gasteiger partial charge in [0.05, 0.1) is 38.7 Å². The van der Waals surface area contributed by atoms with E-state index in [1.54, 1.807) is 12.1 Å². The number of alkyl halides is 3. The molecule has 0 aliphatic carbocycles. The Balaban J connectivity index is 1.32. The summed E-state index contributed by atoms with van der Waals surface area (Å²) in [5, 5.41) is 6.03. The maximum absolute atomic E-state index is 13.9. The van der Waals surface area contributed by atoms with Crippen LogP contribution in [0.4, 0.5) is 13.2 Å². The summed E-state index contributed by atoms with van der Waals surface area (Å²) in [6, 6.07) is 50.5. The molecule has 0 radical (unpaired) electrons. The highest BCUT2D eigenvalue weighted by Crippen LogP contribution is 2.46. The predicted octanol–water partition coefficient (Wildman–Crippen LogP) is 14.0. The summed E-state index contributed by atoms with van der Waals surface area (Å²) >= 11 is 0. The zero-order valence-corrected chi connectivity index (χ0v) is 29.4. The van der Waals surface area contributed by atoms with Gasteiger partial charge in [-0.2, -0.15) is 13.2 Å². The fourth-order valence-electron chi connectivity index (χ4n) is 8.34. The molecule has 4 nitrogen and oxygen atoms in total. The summed E-state index contributed by atoms with van der Waals surface area (Å²) in [7, 11) is 0. The predicted molar refractivity (Wildman–Crippen MR) is 215 cm³/mol. The van der Waals surface area contributed by atoms with Crippen LogP contribution in [0.15, 0.2) is 167 Å². The van der Waals surface area contributed by atoms with Gasteiger partial charge in [0, 0.05) is 32.7 Å². The van der Waals surface area contributed by atoms with Crippen molar-refractivity contribution in [2.24, 2.45) is 0 Å². The Morgan fingerprint density at radius 1 is 0.455 bits per heavy atom. The maximum atomic E-state index is 13.9. The van der Waals surface area contributed by atoms with E-state index < -0.39 is 11.7 Å². The highest BCUT2D eigenvalue weighted by molar-refractivity contribution is 6.21. The number of halogens is 3. The second-order valence-corrected chi connectivity index (χ2v) is 14.1. The van der Waals surface area contributed by atoms with Gasteiger partial charge in [-0.05, 0) is 66.6 Å². The van der Waals surface area contributed by atoms with Crippen molar-refractivity contribution >= 4 is 65.9 Å². The number of rotatable bonds is 4. The Kier molecular flexibility index (Phi) is 6.59. The van der Waals surface area contributed by atoms with Crippen molar-refractivity contribution in [2.45, 2.75) is 13.1 Å². The zero-order chi connectivity index (χ0) is 37.0. The van der Waals surface area contributed by atoms with Crippen molar-refractivity contribution in [1.29, 1.82) is 0 Å². The molecule has 11 rings (SSSR count). The molecule has 0 aliphatic rings. The molecular formula is C48H29F3N2O2. The molecule has 0 saturated heterocycles. The smallest absolute Gasteiger partial charge is 0.416 e. The first-order valence-corrected chi connectivity index (χ1v) is 18.1. The third-order valence-corrected chi connectivity index (χ3v) is 10.9. The summed E-state index contributed by atoms with van der Waals surface area (Å²) < 4.78 is 59.5. The van der Waals surface area contributed by atoms with Crippen LogP contribution in [0.2, 0.25) is 0 Å². The van der Waals surface area contributed by atoms with E-state index in [-0.39, 0.29) is 0 Å². The lowest BCUT2D eigenvalue weighted by molar-refractivity contribution is -0.137. The second-order valence-electron chi connectivity index (χ2n) is 14.1. The fourth-order valence-corrected chi connectivity index (χ4v) is 8.34. The lowest BCUT2D eigenvalue weighted by Crippen LogP contribution is -2.05. The van der Waals surface area contributed by atoms with Gasteiger partial charge in [0.1, 0.15) is 11.2 Å². The summed E-state index contributed by atoms with van der Waals surface area (Å²) in [6.07, 6.45) is -4.48. The Morgan fingerprint density at radius 3 is 1.31 bits per heavy atom. The summed E-state index contributed by atoms with van der Waals surface area (Å²) in [4.78, 5) is 0. The van der Waals surface area contributed by atoms with E-state index in [9.17, 15) is 13.2 Å². The molecule has 0 fully saturated rings. The van der Waals surface area contributed by atoms with Crippen molar-refractivity contribution in [2.75, 3.05) is 0 Å². The molecule has 4 aromatic heterocycles. The number of fused-ring (bicyclic) bond motifs is 10. The van der Waals surface area contributed by atoms with Crippen LogP contribution in [-0.4, -0.2) is 9.13 Å². The maximum Gasteiger partial charge on any atom is 0.416 e. The molecule has 264 valence electrons. The molecule has 0 amide bonds. The van der Waals surface area contributed by atoms with E-state index in [1.807, 2.05) is 60.7 Å². The molecule has 0 saturated carbocycles. The largest absolute Gasteiger partial charge is 0.439 e. The quantitative estimate of drug-likeness (QED) is 0.181. The van der Waals surface area contributed by atoms with Gasteiger partial charge >= 0.3 is 6.18 Å². The third-order valence-electron chi connectivity index (χ3n) is 10.9. The van der Waals surface area contributed by atoms with Crippen LogP contribution >= 0.6 is 0 Å². The minimum Gasteiger partial charge on any atom is -0.439 e. The summed E-state index contributed by atoms with van der Waals surface area (Å²) in [5.41, 5.74) is 9.98. The molecule has 0 spiro atoms. The van der Waals surface area contributed by atoms with Gasteiger partial charge in [0.25, 0.3) is 0 Å². The van der Waals surface area contributed by atoms with Gasteiger partial charge in [-0.1, -0.05) is 115 Å². The average molecular weight is 723 g/mol. The number of benzene rings is 7. The van der Waals surface area contributed by atoms with E-state index in [0.29, 0.717) is 17.0 Å². The Bertz CT molecular complexity index is 3300. The van der Waals surface area contributed by atoms with Crippen molar-refractivity contribution in [3.05, 3.63) is 169 Å². The molecule has 0 aliphatic heterocycles. The van der Waals surface area contributed by atoms with Crippen molar-refractivity contribution in [1.82, 2.24) is 9.13 Å². The SMILES string of the molecule is Cc1ccc(-c2cc(-n3c4ccccc4c4c5ccccc5oc43)c(-c3ccc(C(F)(F)F)cc3)cc2-n2c3ccccc3c3c4ccccc4oc32)cc1. The minimum atomic E-state index is -4.48.